The van der Waals surface area contributed by atoms with Gasteiger partial charge in [0.05, 0.1) is 6.07 Å². The normalized spacial score (nSPS) is 19.8. The maximum atomic E-state index is 13.4. The third kappa shape index (κ3) is 2.53. The van der Waals surface area contributed by atoms with E-state index >= 15 is 0 Å². The number of aliphatic hydroxyl groups is 1. The SMILES string of the molecule is CC1(C#N)C(=O)C(C(=O)NCC(=O)O)=C(O)c2cc(F)ccc21. The molecule has 1 aromatic rings. The van der Waals surface area contributed by atoms with Crippen molar-refractivity contribution in [2.75, 3.05) is 6.54 Å². The minimum absolute atomic E-state index is 0.0682. The van der Waals surface area contributed by atoms with Crippen LogP contribution in [0.5, 0.6) is 0 Å². The summed E-state index contributed by atoms with van der Waals surface area (Å²) in [7, 11) is 0. The van der Waals surface area contributed by atoms with Crippen LogP contribution in [0.2, 0.25) is 0 Å². The van der Waals surface area contributed by atoms with Crippen LogP contribution < -0.4 is 5.32 Å². The third-order valence-electron chi connectivity index (χ3n) is 3.54. The van der Waals surface area contributed by atoms with Crippen molar-refractivity contribution in [1.29, 1.82) is 5.26 Å². The van der Waals surface area contributed by atoms with E-state index in [-0.39, 0.29) is 11.1 Å². The molecule has 1 aromatic carbocycles. The van der Waals surface area contributed by atoms with Crippen molar-refractivity contribution in [1.82, 2.24) is 5.32 Å². The molecule has 1 amide bonds. The van der Waals surface area contributed by atoms with Crippen LogP contribution in [0.4, 0.5) is 4.39 Å². The summed E-state index contributed by atoms with van der Waals surface area (Å²) in [4.78, 5) is 35.0. The van der Waals surface area contributed by atoms with Crippen LogP contribution in [0.15, 0.2) is 23.8 Å². The van der Waals surface area contributed by atoms with E-state index < -0.39 is 46.8 Å². The van der Waals surface area contributed by atoms with Gasteiger partial charge in [-0.1, -0.05) is 6.07 Å². The van der Waals surface area contributed by atoms with E-state index in [0.717, 1.165) is 12.1 Å². The highest BCUT2D eigenvalue weighted by atomic mass is 19.1. The molecular weight excluding hydrogens is 307 g/mol. The molecule has 0 radical (unpaired) electrons. The van der Waals surface area contributed by atoms with Gasteiger partial charge in [0.1, 0.15) is 29.1 Å². The summed E-state index contributed by atoms with van der Waals surface area (Å²) >= 11 is 0. The van der Waals surface area contributed by atoms with E-state index in [2.05, 4.69) is 0 Å². The number of nitrogens with one attached hydrogen (secondary N) is 1. The second kappa shape index (κ2) is 5.53. The maximum absolute atomic E-state index is 13.4. The van der Waals surface area contributed by atoms with Crippen molar-refractivity contribution >= 4 is 23.4 Å². The number of rotatable bonds is 3. The van der Waals surface area contributed by atoms with Crippen molar-refractivity contribution in [2.24, 2.45) is 0 Å². The zero-order valence-corrected chi connectivity index (χ0v) is 11.9. The lowest BCUT2D eigenvalue weighted by Crippen LogP contribution is -2.43. The van der Waals surface area contributed by atoms with E-state index in [9.17, 15) is 29.1 Å². The Bertz CT molecular complexity index is 809. The highest BCUT2D eigenvalue weighted by Gasteiger charge is 2.47. The summed E-state index contributed by atoms with van der Waals surface area (Å²) < 4.78 is 13.4. The van der Waals surface area contributed by atoms with Gasteiger partial charge in [-0.05, 0) is 24.6 Å². The second-order valence-corrected chi connectivity index (χ2v) is 5.06. The minimum Gasteiger partial charge on any atom is -0.506 e. The highest BCUT2D eigenvalue weighted by Crippen LogP contribution is 2.39. The van der Waals surface area contributed by atoms with Gasteiger partial charge in [-0.2, -0.15) is 5.26 Å². The number of fused-ring (bicyclic) bond motifs is 1. The summed E-state index contributed by atoms with van der Waals surface area (Å²) in [6.07, 6.45) is 0. The Kier molecular flexibility index (Phi) is 3.89. The van der Waals surface area contributed by atoms with Crippen molar-refractivity contribution in [2.45, 2.75) is 12.3 Å². The van der Waals surface area contributed by atoms with Crippen LogP contribution in [0.25, 0.3) is 5.76 Å². The molecule has 2 rings (SSSR count). The molecule has 0 bridgehead atoms. The fraction of sp³-hybridized carbons (Fsp3) is 0.200. The number of hydrogen-bond acceptors (Lipinski definition) is 5. The van der Waals surface area contributed by atoms with Crippen molar-refractivity contribution < 1.29 is 29.0 Å². The molecule has 3 N–H and O–H groups in total. The molecule has 7 nitrogen and oxygen atoms in total. The van der Waals surface area contributed by atoms with Gasteiger partial charge in [0, 0.05) is 5.56 Å². The zero-order valence-electron chi connectivity index (χ0n) is 11.9. The lowest BCUT2D eigenvalue weighted by molar-refractivity contribution is -0.137. The largest absolute Gasteiger partial charge is 0.506 e. The Labute approximate surface area is 129 Å². The lowest BCUT2D eigenvalue weighted by Gasteiger charge is -2.29. The summed E-state index contributed by atoms with van der Waals surface area (Å²) in [5.74, 6) is -5.00. The van der Waals surface area contributed by atoms with Crippen LogP contribution in [0.1, 0.15) is 18.1 Å². The molecule has 0 saturated heterocycles. The number of nitrogens with zero attached hydrogens (tertiary/aromatic N) is 1. The summed E-state index contributed by atoms with van der Waals surface area (Å²) in [6.45, 7) is 0.463. The molecule has 8 heteroatoms. The number of aliphatic carboxylic acids is 1. The van der Waals surface area contributed by atoms with Gasteiger partial charge in [0.15, 0.2) is 5.78 Å². The Morgan fingerprint density at radius 3 is 2.65 bits per heavy atom. The molecule has 0 aromatic heterocycles. The number of nitriles is 1. The summed E-state index contributed by atoms with van der Waals surface area (Å²) in [6, 6.07) is 4.88. The number of carboxylic acids is 1. The maximum Gasteiger partial charge on any atom is 0.322 e. The zero-order chi connectivity index (χ0) is 17.4. The van der Waals surface area contributed by atoms with E-state index in [0.29, 0.717) is 0 Å². The number of halogens is 1. The monoisotopic (exact) mass is 318 g/mol. The molecule has 1 atom stereocenters. The fourth-order valence-electron chi connectivity index (χ4n) is 2.33. The smallest absolute Gasteiger partial charge is 0.322 e. The average Bonchev–Trinajstić information content (AvgIpc) is 2.50. The highest BCUT2D eigenvalue weighted by molar-refractivity contribution is 6.29. The first-order valence-electron chi connectivity index (χ1n) is 6.42. The molecule has 0 fully saturated rings. The lowest BCUT2D eigenvalue weighted by atomic mass is 9.70. The van der Waals surface area contributed by atoms with Crippen LogP contribution in [-0.2, 0) is 19.8 Å². The van der Waals surface area contributed by atoms with Crippen molar-refractivity contribution in [3.05, 3.63) is 40.7 Å². The summed E-state index contributed by atoms with van der Waals surface area (Å²) in [5.41, 5.74) is -2.66. The molecule has 118 valence electrons. The van der Waals surface area contributed by atoms with Gasteiger partial charge in [0.2, 0.25) is 0 Å². The van der Waals surface area contributed by atoms with Crippen LogP contribution >= 0.6 is 0 Å². The second-order valence-electron chi connectivity index (χ2n) is 5.06. The van der Waals surface area contributed by atoms with Crippen LogP contribution in [0.3, 0.4) is 0 Å². The quantitative estimate of drug-likeness (QED) is 0.702. The number of benzene rings is 1. The first kappa shape index (κ1) is 16.2. The molecular formula is C15H11FN2O5. The number of hydrogen-bond donors (Lipinski definition) is 3. The summed E-state index contributed by atoms with van der Waals surface area (Å²) in [5, 5.41) is 30.0. The first-order valence-corrected chi connectivity index (χ1v) is 6.42. The fourth-order valence-corrected chi connectivity index (χ4v) is 2.33. The number of carboxylic acid groups (broad SMARTS) is 1. The third-order valence-corrected chi connectivity index (χ3v) is 3.54. The minimum atomic E-state index is -1.80. The molecule has 0 heterocycles. The first-order chi connectivity index (χ1) is 10.7. The molecule has 23 heavy (non-hydrogen) atoms. The molecule has 1 aliphatic carbocycles. The molecule has 0 aliphatic heterocycles. The van der Waals surface area contributed by atoms with Gasteiger partial charge < -0.3 is 15.5 Å². The van der Waals surface area contributed by atoms with E-state index in [1.54, 1.807) is 6.07 Å². The van der Waals surface area contributed by atoms with Crippen LogP contribution in [-0.4, -0.2) is 34.4 Å². The van der Waals surface area contributed by atoms with E-state index in [4.69, 9.17) is 5.11 Å². The van der Waals surface area contributed by atoms with E-state index in [1.807, 2.05) is 5.32 Å². The van der Waals surface area contributed by atoms with Gasteiger partial charge in [-0.3, -0.25) is 14.4 Å². The Hall–Kier alpha value is -3.21. The van der Waals surface area contributed by atoms with Crippen LogP contribution in [0, 0.1) is 17.1 Å². The Balaban J connectivity index is 2.64. The van der Waals surface area contributed by atoms with Gasteiger partial charge in [-0.15, -0.1) is 0 Å². The van der Waals surface area contributed by atoms with Gasteiger partial charge in [-0.25, -0.2) is 4.39 Å². The molecule has 1 aliphatic rings. The van der Waals surface area contributed by atoms with Gasteiger partial charge >= 0.3 is 5.97 Å². The number of carbonyl (C=O) groups excluding carboxylic acids is 2. The molecule has 0 saturated carbocycles. The average molecular weight is 318 g/mol. The van der Waals surface area contributed by atoms with Gasteiger partial charge in [0.25, 0.3) is 5.91 Å². The molecule has 1 unspecified atom stereocenters. The number of carbonyl (C=O) groups is 3. The number of Topliss-reactive ketones (excluding diaryl/α,β-unsaturated/α-hetero) is 1. The Morgan fingerprint density at radius 1 is 1.43 bits per heavy atom. The standard InChI is InChI=1S/C15H11FN2O5/c1-15(6-17)9-3-2-7(16)4-8(9)12(21)11(13(15)22)14(23)18-5-10(19)20/h2-4,21H,5H2,1H3,(H,18,23)(H,19,20). The topological polar surface area (TPSA) is 127 Å². The van der Waals surface area contributed by atoms with E-state index in [1.165, 1.54) is 13.0 Å². The number of amides is 1. The predicted molar refractivity (Wildman–Crippen MR) is 74.6 cm³/mol. The number of aliphatic hydroxyl groups excluding tert-OH is 1. The molecule has 0 spiro atoms. The Morgan fingerprint density at radius 2 is 2.09 bits per heavy atom. The van der Waals surface area contributed by atoms with Crippen molar-refractivity contribution in [3.63, 3.8) is 0 Å². The van der Waals surface area contributed by atoms with Crippen molar-refractivity contribution in [3.8, 4) is 6.07 Å². The predicted octanol–water partition coefficient (Wildman–Crippen LogP) is 0.660. The number of ketones is 1.